The maximum absolute atomic E-state index is 13.8. The first kappa shape index (κ1) is 22.4. The standard InChI is InChI=1S/C25H33N5O2/c1-18(2)15-28(3)16-19-9-6-7-14-29(19)17-23(31)30-22-12-5-4-10-20(22)25(32)27-21-11-8-13-26-24(21)30/h4-5,8,10-13,18-19H,6-7,9,14-17H2,1-3H3,(H,27,32). The van der Waals surface area contributed by atoms with Gasteiger partial charge in [-0.05, 0) is 56.6 Å². The molecule has 2 aliphatic rings. The number of hydrogen-bond acceptors (Lipinski definition) is 5. The molecule has 1 aromatic carbocycles. The summed E-state index contributed by atoms with van der Waals surface area (Å²) in [5.74, 6) is 0.796. The van der Waals surface area contributed by atoms with Crippen molar-refractivity contribution >= 4 is 29.0 Å². The molecule has 32 heavy (non-hydrogen) atoms. The molecule has 2 aliphatic heterocycles. The molecule has 2 aromatic rings. The minimum Gasteiger partial charge on any atom is -0.319 e. The van der Waals surface area contributed by atoms with E-state index in [-0.39, 0.29) is 11.8 Å². The van der Waals surface area contributed by atoms with Crippen LogP contribution in [0.2, 0.25) is 0 Å². The molecule has 1 fully saturated rings. The zero-order chi connectivity index (χ0) is 22.7. The average Bonchev–Trinajstić information content (AvgIpc) is 2.88. The number of fused-ring (bicyclic) bond motifs is 2. The van der Waals surface area contributed by atoms with E-state index in [4.69, 9.17) is 0 Å². The van der Waals surface area contributed by atoms with Gasteiger partial charge in [-0.3, -0.25) is 19.4 Å². The molecule has 1 unspecified atom stereocenters. The van der Waals surface area contributed by atoms with Gasteiger partial charge in [-0.15, -0.1) is 0 Å². The molecule has 0 radical (unpaired) electrons. The maximum atomic E-state index is 13.8. The third kappa shape index (κ3) is 4.84. The summed E-state index contributed by atoms with van der Waals surface area (Å²) >= 11 is 0. The maximum Gasteiger partial charge on any atom is 0.257 e. The summed E-state index contributed by atoms with van der Waals surface area (Å²) in [5.41, 5.74) is 1.61. The Kier molecular flexibility index (Phi) is 6.86. The molecule has 2 amide bonds. The van der Waals surface area contributed by atoms with Crippen LogP contribution in [0.15, 0.2) is 42.6 Å². The number of rotatable bonds is 6. The SMILES string of the molecule is CC(C)CN(C)CC1CCCCN1CC(=O)N1c2ccccc2C(=O)Nc2cccnc21. The molecule has 4 rings (SSSR count). The Bertz CT molecular complexity index is 976. The predicted octanol–water partition coefficient (Wildman–Crippen LogP) is 3.75. The summed E-state index contributed by atoms with van der Waals surface area (Å²) in [6.07, 6.45) is 5.05. The molecule has 1 N–H and O–H groups in total. The molecular formula is C25H33N5O2. The van der Waals surface area contributed by atoms with Gasteiger partial charge in [0.05, 0.1) is 23.5 Å². The van der Waals surface area contributed by atoms with Gasteiger partial charge in [0, 0.05) is 25.3 Å². The fraction of sp³-hybridized carbons (Fsp3) is 0.480. The Morgan fingerprint density at radius 3 is 2.84 bits per heavy atom. The Labute approximate surface area is 190 Å². The molecule has 7 heteroatoms. The number of pyridine rings is 1. The normalized spacial score (nSPS) is 18.8. The third-order valence-corrected chi connectivity index (χ3v) is 6.17. The zero-order valence-corrected chi connectivity index (χ0v) is 19.3. The summed E-state index contributed by atoms with van der Waals surface area (Å²) in [7, 11) is 2.16. The van der Waals surface area contributed by atoms with Crippen LogP contribution in [0.3, 0.4) is 0 Å². The number of carbonyl (C=O) groups excluding carboxylic acids is 2. The van der Waals surface area contributed by atoms with Crippen molar-refractivity contribution in [3.63, 3.8) is 0 Å². The summed E-state index contributed by atoms with van der Waals surface area (Å²) in [6, 6.07) is 11.1. The van der Waals surface area contributed by atoms with Crippen molar-refractivity contribution in [2.24, 2.45) is 5.92 Å². The highest BCUT2D eigenvalue weighted by molar-refractivity contribution is 6.17. The molecule has 7 nitrogen and oxygen atoms in total. The Morgan fingerprint density at radius 2 is 2.03 bits per heavy atom. The highest BCUT2D eigenvalue weighted by Crippen LogP contribution is 2.36. The van der Waals surface area contributed by atoms with Gasteiger partial charge in [0.2, 0.25) is 5.91 Å². The topological polar surface area (TPSA) is 68.8 Å². The van der Waals surface area contributed by atoms with Crippen LogP contribution in [0.1, 0.15) is 43.5 Å². The van der Waals surface area contributed by atoms with Gasteiger partial charge in [0.1, 0.15) is 0 Å². The smallest absolute Gasteiger partial charge is 0.257 e. The molecular weight excluding hydrogens is 402 g/mol. The lowest BCUT2D eigenvalue weighted by Gasteiger charge is -2.38. The van der Waals surface area contributed by atoms with Crippen LogP contribution in [0.25, 0.3) is 0 Å². The number of likely N-dealkylation sites (tertiary alicyclic amines) is 1. The zero-order valence-electron chi connectivity index (χ0n) is 19.3. The highest BCUT2D eigenvalue weighted by Gasteiger charge is 2.33. The Hall–Kier alpha value is -2.77. The molecule has 0 bridgehead atoms. The number of piperidine rings is 1. The predicted molar refractivity (Wildman–Crippen MR) is 127 cm³/mol. The van der Waals surface area contributed by atoms with Crippen molar-refractivity contribution in [3.05, 3.63) is 48.2 Å². The molecule has 1 saturated heterocycles. The molecule has 170 valence electrons. The first-order chi connectivity index (χ1) is 15.4. The van der Waals surface area contributed by atoms with Crippen molar-refractivity contribution in [2.45, 2.75) is 39.2 Å². The lowest BCUT2D eigenvalue weighted by Crippen LogP contribution is -2.50. The van der Waals surface area contributed by atoms with Gasteiger partial charge in [-0.25, -0.2) is 4.98 Å². The van der Waals surface area contributed by atoms with Crippen LogP contribution in [-0.2, 0) is 4.79 Å². The van der Waals surface area contributed by atoms with E-state index in [2.05, 4.69) is 41.0 Å². The van der Waals surface area contributed by atoms with E-state index in [0.717, 1.165) is 32.5 Å². The number of anilines is 3. The van der Waals surface area contributed by atoms with Crippen molar-refractivity contribution in [3.8, 4) is 0 Å². The van der Waals surface area contributed by atoms with Gasteiger partial charge in [0.15, 0.2) is 5.82 Å². The largest absolute Gasteiger partial charge is 0.319 e. The van der Waals surface area contributed by atoms with Gasteiger partial charge in [-0.2, -0.15) is 0 Å². The van der Waals surface area contributed by atoms with Crippen LogP contribution in [0, 0.1) is 5.92 Å². The molecule has 0 saturated carbocycles. The van der Waals surface area contributed by atoms with Gasteiger partial charge in [0.25, 0.3) is 5.91 Å². The number of nitrogens with zero attached hydrogens (tertiary/aromatic N) is 4. The average molecular weight is 436 g/mol. The van der Waals surface area contributed by atoms with E-state index in [1.54, 1.807) is 29.3 Å². The second-order valence-electron chi connectivity index (χ2n) is 9.31. The van der Waals surface area contributed by atoms with Crippen LogP contribution in [0.5, 0.6) is 0 Å². The lowest BCUT2D eigenvalue weighted by molar-refractivity contribution is -0.120. The van der Waals surface area contributed by atoms with Crippen molar-refractivity contribution in [1.82, 2.24) is 14.8 Å². The monoisotopic (exact) mass is 435 g/mol. The summed E-state index contributed by atoms with van der Waals surface area (Å²) < 4.78 is 0. The van der Waals surface area contributed by atoms with E-state index in [1.807, 2.05) is 18.2 Å². The van der Waals surface area contributed by atoms with Crippen molar-refractivity contribution < 1.29 is 9.59 Å². The second-order valence-corrected chi connectivity index (χ2v) is 9.31. The Morgan fingerprint density at radius 1 is 1.22 bits per heavy atom. The number of hydrogen-bond donors (Lipinski definition) is 1. The van der Waals surface area contributed by atoms with E-state index < -0.39 is 0 Å². The van der Waals surface area contributed by atoms with Gasteiger partial charge >= 0.3 is 0 Å². The summed E-state index contributed by atoms with van der Waals surface area (Å²) in [4.78, 5) is 37.3. The number of para-hydroxylation sites is 1. The fourth-order valence-electron chi connectivity index (χ4n) is 4.87. The molecule has 3 heterocycles. The highest BCUT2D eigenvalue weighted by atomic mass is 16.2. The first-order valence-corrected chi connectivity index (χ1v) is 11.5. The van der Waals surface area contributed by atoms with E-state index in [9.17, 15) is 9.59 Å². The van der Waals surface area contributed by atoms with Crippen LogP contribution < -0.4 is 10.2 Å². The number of amides is 2. The van der Waals surface area contributed by atoms with Crippen LogP contribution >= 0.6 is 0 Å². The van der Waals surface area contributed by atoms with Crippen molar-refractivity contribution in [1.29, 1.82) is 0 Å². The number of nitrogens with one attached hydrogen (secondary N) is 1. The number of aromatic nitrogens is 1. The van der Waals surface area contributed by atoms with Gasteiger partial charge < -0.3 is 10.2 Å². The minimum atomic E-state index is -0.226. The van der Waals surface area contributed by atoms with E-state index >= 15 is 0 Å². The lowest BCUT2D eigenvalue weighted by atomic mass is 10.0. The Balaban J connectivity index is 1.61. The summed E-state index contributed by atoms with van der Waals surface area (Å²) in [5, 5.41) is 2.90. The fourth-order valence-corrected chi connectivity index (χ4v) is 4.87. The van der Waals surface area contributed by atoms with Crippen LogP contribution in [-0.4, -0.2) is 65.9 Å². The van der Waals surface area contributed by atoms with E-state index in [1.165, 1.54) is 6.42 Å². The summed E-state index contributed by atoms with van der Waals surface area (Å²) in [6.45, 7) is 7.68. The van der Waals surface area contributed by atoms with E-state index in [0.29, 0.717) is 41.3 Å². The van der Waals surface area contributed by atoms with Crippen molar-refractivity contribution in [2.75, 3.05) is 43.4 Å². The number of benzene rings is 1. The quantitative estimate of drug-likeness (QED) is 0.748. The number of likely N-dealkylation sites (N-methyl/N-ethyl adjacent to an activating group) is 1. The first-order valence-electron chi connectivity index (χ1n) is 11.5. The third-order valence-electron chi connectivity index (χ3n) is 6.17. The molecule has 1 atom stereocenters. The molecule has 0 aliphatic carbocycles. The second kappa shape index (κ2) is 9.79. The molecule has 1 aromatic heterocycles. The van der Waals surface area contributed by atoms with Gasteiger partial charge in [-0.1, -0.05) is 32.4 Å². The van der Waals surface area contributed by atoms with Crippen LogP contribution in [0.4, 0.5) is 17.2 Å². The number of carbonyl (C=O) groups is 2. The molecule has 0 spiro atoms. The minimum absolute atomic E-state index is 0.0627.